The summed E-state index contributed by atoms with van der Waals surface area (Å²) in [5.41, 5.74) is 6.24. The molecule has 0 radical (unpaired) electrons. The van der Waals surface area contributed by atoms with Crippen LogP contribution in [0, 0.1) is 5.41 Å². The lowest BCUT2D eigenvalue weighted by atomic mass is 10.2. The molecular formula is C14H15N3O3S. The van der Waals surface area contributed by atoms with Crippen LogP contribution in [0.5, 0.6) is 5.75 Å². The molecule has 0 saturated carbocycles. The van der Waals surface area contributed by atoms with Gasteiger partial charge in [-0.1, -0.05) is 0 Å². The van der Waals surface area contributed by atoms with Gasteiger partial charge in [-0.15, -0.1) is 0 Å². The van der Waals surface area contributed by atoms with E-state index in [0.29, 0.717) is 17.0 Å². The summed E-state index contributed by atoms with van der Waals surface area (Å²) >= 11 is 0. The zero-order valence-corrected chi connectivity index (χ0v) is 12.1. The number of sulfonamides is 1. The zero-order valence-electron chi connectivity index (χ0n) is 11.3. The molecule has 0 heterocycles. The molecule has 110 valence electrons. The van der Waals surface area contributed by atoms with E-state index in [1.165, 1.54) is 31.4 Å². The van der Waals surface area contributed by atoms with Gasteiger partial charge in [0.1, 0.15) is 11.6 Å². The molecule has 0 bridgehead atoms. The third-order valence-electron chi connectivity index (χ3n) is 2.82. The van der Waals surface area contributed by atoms with Crippen molar-refractivity contribution in [1.29, 1.82) is 5.41 Å². The summed E-state index contributed by atoms with van der Waals surface area (Å²) in [5, 5.41) is 7.28. The van der Waals surface area contributed by atoms with Gasteiger partial charge in [-0.3, -0.25) is 10.1 Å². The van der Waals surface area contributed by atoms with Crippen molar-refractivity contribution in [2.24, 2.45) is 5.73 Å². The van der Waals surface area contributed by atoms with Gasteiger partial charge in [-0.2, -0.15) is 0 Å². The molecule has 4 N–H and O–H groups in total. The summed E-state index contributed by atoms with van der Waals surface area (Å²) in [5.74, 6) is 0.533. The van der Waals surface area contributed by atoms with E-state index < -0.39 is 10.0 Å². The number of nitrogen functional groups attached to an aromatic ring is 1. The molecule has 0 spiro atoms. The number of hydrogen-bond donors (Lipinski definition) is 3. The maximum Gasteiger partial charge on any atom is 0.261 e. The van der Waals surface area contributed by atoms with Crippen molar-refractivity contribution >= 4 is 21.5 Å². The molecule has 0 aromatic heterocycles. The quantitative estimate of drug-likeness (QED) is 0.578. The lowest BCUT2D eigenvalue weighted by Crippen LogP contribution is -2.14. The molecule has 0 aliphatic carbocycles. The number of nitrogens with two attached hydrogens (primary N) is 1. The van der Waals surface area contributed by atoms with Gasteiger partial charge < -0.3 is 10.5 Å². The Balaban J connectivity index is 2.22. The standard InChI is InChI=1S/C14H15N3O3S/c1-20-12-6-4-11(5-7-12)17-21(18,19)13-8-2-10(3-9-13)14(15)16/h2-9,17H,1H3,(H3,15,16). The topological polar surface area (TPSA) is 105 Å². The van der Waals surface area contributed by atoms with Crippen LogP contribution in [0.2, 0.25) is 0 Å². The van der Waals surface area contributed by atoms with Gasteiger partial charge in [0, 0.05) is 11.3 Å². The summed E-state index contributed by atoms with van der Waals surface area (Å²) < 4.78 is 31.9. The van der Waals surface area contributed by atoms with Crippen LogP contribution >= 0.6 is 0 Å². The van der Waals surface area contributed by atoms with Gasteiger partial charge in [-0.05, 0) is 48.5 Å². The minimum atomic E-state index is -3.68. The van der Waals surface area contributed by atoms with Gasteiger partial charge in [0.15, 0.2) is 0 Å². The zero-order chi connectivity index (χ0) is 15.5. The number of benzene rings is 2. The first-order chi connectivity index (χ1) is 9.92. The second-order valence-electron chi connectivity index (χ2n) is 4.27. The van der Waals surface area contributed by atoms with Crippen molar-refractivity contribution in [3.8, 4) is 5.75 Å². The van der Waals surface area contributed by atoms with E-state index in [-0.39, 0.29) is 10.7 Å². The predicted octanol–water partition coefficient (Wildman–Crippen LogP) is 1.78. The average Bonchev–Trinajstić information content (AvgIpc) is 2.48. The van der Waals surface area contributed by atoms with Crippen molar-refractivity contribution in [3.63, 3.8) is 0 Å². The maximum atomic E-state index is 12.2. The van der Waals surface area contributed by atoms with Gasteiger partial charge in [0.2, 0.25) is 0 Å². The Morgan fingerprint density at radius 2 is 1.67 bits per heavy atom. The van der Waals surface area contributed by atoms with Gasteiger partial charge in [-0.25, -0.2) is 8.42 Å². The van der Waals surface area contributed by atoms with Crippen LogP contribution in [0.3, 0.4) is 0 Å². The molecule has 0 aliphatic heterocycles. The second-order valence-corrected chi connectivity index (χ2v) is 5.95. The predicted molar refractivity (Wildman–Crippen MR) is 81.3 cm³/mol. The summed E-state index contributed by atoms with van der Waals surface area (Å²) in [7, 11) is -2.14. The molecule has 0 fully saturated rings. The van der Waals surface area contributed by atoms with Crippen molar-refractivity contribution in [2.45, 2.75) is 4.90 Å². The highest BCUT2D eigenvalue weighted by molar-refractivity contribution is 7.92. The second kappa shape index (κ2) is 5.84. The monoisotopic (exact) mass is 305 g/mol. The van der Waals surface area contributed by atoms with E-state index in [9.17, 15) is 8.42 Å². The van der Waals surface area contributed by atoms with Crippen LogP contribution in [0.1, 0.15) is 5.56 Å². The van der Waals surface area contributed by atoms with Crippen molar-refractivity contribution < 1.29 is 13.2 Å². The minimum Gasteiger partial charge on any atom is -0.497 e. The molecule has 2 aromatic rings. The van der Waals surface area contributed by atoms with E-state index in [0.717, 1.165) is 0 Å². The van der Waals surface area contributed by atoms with E-state index in [2.05, 4.69) is 4.72 Å². The van der Waals surface area contributed by atoms with E-state index in [1.54, 1.807) is 24.3 Å². The highest BCUT2D eigenvalue weighted by atomic mass is 32.2. The largest absolute Gasteiger partial charge is 0.497 e. The molecule has 21 heavy (non-hydrogen) atoms. The van der Waals surface area contributed by atoms with Gasteiger partial charge in [0.25, 0.3) is 10.0 Å². The molecule has 2 rings (SSSR count). The molecule has 7 heteroatoms. The molecule has 0 aliphatic rings. The molecule has 2 aromatic carbocycles. The fraction of sp³-hybridized carbons (Fsp3) is 0.0714. The lowest BCUT2D eigenvalue weighted by molar-refractivity contribution is 0.415. The number of methoxy groups -OCH3 is 1. The van der Waals surface area contributed by atoms with E-state index in [4.69, 9.17) is 15.9 Å². The average molecular weight is 305 g/mol. The van der Waals surface area contributed by atoms with Gasteiger partial charge >= 0.3 is 0 Å². The minimum absolute atomic E-state index is 0.100. The van der Waals surface area contributed by atoms with Crippen molar-refractivity contribution in [2.75, 3.05) is 11.8 Å². The number of rotatable bonds is 5. The number of hydrogen-bond acceptors (Lipinski definition) is 4. The molecule has 0 amide bonds. The Morgan fingerprint density at radius 3 is 2.14 bits per heavy atom. The first kappa shape index (κ1) is 14.9. The Morgan fingerprint density at radius 1 is 1.10 bits per heavy atom. The first-order valence-electron chi connectivity index (χ1n) is 6.04. The number of nitrogens with one attached hydrogen (secondary N) is 2. The summed E-state index contributed by atoms with van der Waals surface area (Å²) in [4.78, 5) is 0.100. The molecular weight excluding hydrogens is 290 g/mol. The van der Waals surface area contributed by atoms with Gasteiger partial charge in [0.05, 0.1) is 12.0 Å². The first-order valence-corrected chi connectivity index (χ1v) is 7.52. The van der Waals surface area contributed by atoms with E-state index in [1.807, 2.05) is 0 Å². The number of anilines is 1. The SMILES string of the molecule is COc1ccc(NS(=O)(=O)c2ccc(C(=N)N)cc2)cc1. The Hall–Kier alpha value is -2.54. The molecule has 6 nitrogen and oxygen atoms in total. The Bertz CT molecular complexity index is 738. The normalized spacial score (nSPS) is 10.9. The Labute approximate surface area is 123 Å². The summed E-state index contributed by atoms with van der Waals surface area (Å²) in [6, 6.07) is 12.3. The number of amidine groups is 1. The van der Waals surface area contributed by atoms with Crippen molar-refractivity contribution in [3.05, 3.63) is 54.1 Å². The van der Waals surface area contributed by atoms with Crippen LogP contribution in [-0.4, -0.2) is 21.4 Å². The summed E-state index contributed by atoms with van der Waals surface area (Å²) in [6.45, 7) is 0. The highest BCUT2D eigenvalue weighted by Crippen LogP contribution is 2.19. The lowest BCUT2D eigenvalue weighted by Gasteiger charge is -2.09. The molecule has 0 saturated heterocycles. The van der Waals surface area contributed by atoms with Crippen LogP contribution in [0.4, 0.5) is 5.69 Å². The maximum absolute atomic E-state index is 12.2. The molecule has 0 unspecified atom stereocenters. The number of ether oxygens (including phenoxy) is 1. The summed E-state index contributed by atoms with van der Waals surface area (Å²) in [6.07, 6.45) is 0. The third-order valence-corrected chi connectivity index (χ3v) is 4.22. The highest BCUT2D eigenvalue weighted by Gasteiger charge is 2.14. The van der Waals surface area contributed by atoms with Crippen LogP contribution in [0.25, 0.3) is 0 Å². The molecule has 0 atom stereocenters. The fourth-order valence-electron chi connectivity index (χ4n) is 1.69. The van der Waals surface area contributed by atoms with E-state index >= 15 is 0 Å². The van der Waals surface area contributed by atoms with Crippen LogP contribution in [0.15, 0.2) is 53.4 Å². The third kappa shape index (κ3) is 3.51. The fourth-order valence-corrected chi connectivity index (χ4v) is 2.75. The van der Waals surface area contributed by atoms with Crippen molar-refractivity contribution in [1.82, 2.24) is 0 Å². The Kier molecular flexibility index (Phi) is 4.13. The smallest absolute Gasteiger partial charge is 0.261 e. The van der Waals surface area contributed by atoms with Crippen LogP contribution < -0.4 is 15.2 Å². The van der Waals surface area contributed by atoms with Crippen LogP contribution in [-0.2, 0) is 10.0 Å².